The minimum Gasteiger partial charge on any atom is -0.292 e. The molecule has 1 saturated heterocycles. The van der Waals surface area contributed by atoms with Crippen LogP contribution < -0.4 is 0 Å². The summed E-state index contributed by atoms with van der Waals surface area (Å²) in [6.07, 6.45) is 1.29. The number of rotatable bonds is 7. The van der Waals surface area contributed by atoms with E-state index in [4.69, 9.17) is 0 Å². The molecule has 0 N–H and O–H groups in total. The van der Waals surface area contributed by atoms with Crippen LogP contribution in [0.25, 0.3) is 0 Å². The molecule has 1 fully saturated rings. The molecule has 0 spiro atoms. The maximum Gasteiger partial charge on any atom is 0.334 e. The Morgan fingerprint density at radius 1 is 1.16 bits per heavy atom. The number of carbonyl (C=O) groups is 4. The molecule has 132 valence electrons. The number of urea groups is 1. The number of carbonyl (C=O) groups excluding carboxylic acids is 4. The van der Waals surface area contributed by atoms with Gasteiger partial charge in [-0.2, -0.15) is 0 Å². The Morgan fingerprint density at radius 2 is 1.80 bits per heavy atom. The third-order valence-corrected chi connectivity index (χ3v) is 3.90. The highest BCUT2D eigenvalue weighted by atomic mass is 16.6. The Balaban J connectivity index is 2.19. The van der Waals surface area contributed by atoms with Crippen molar-refractivity contribution in [3.8, 4) is 0 Å². The highest BCUT2D eigenvalue weighted by Crippen LogP contribution is 2.20. The summed E-state index contributed by atoms with van der Waals surface area (Å²) >= 11 is 0. The van der Waals surface area contributed by atoms with Gasteiger partial charge in [-0.05, 0) is 13.3 Å². The van der Waals surface area contributed by atoms with Crippen molar-refractivity contribution >= 4 is 29.3 Å². The molecular formula is C16H17N3O6. The largest absolute Gasteiger partial charge is 0.334 e. The van der Waals surface area contributed by atoms with Gasteiger partial charge in [0, 0.05) is 23.7 Å². The van der Waals surface area contributed by atoms with Crippen LogP contribution in [0, 0.1) is 17.0 Å². The van der Waals surface area contributed by atoms with E-state index in [9.17, 15) is 29.3 Å². The molecule has 25 heavy (non-hydrogen) atoms. The standard InChI is InChI=1S/C16H17N3O6/c1-3-4-7-17-14(21)15(22)18(16(17)23)9-13(20)11-6-5-10(2)12(8-11)19(24)25/h5-6,8H,3-4,7,9H2,1-2H3. The average Bonchev–Trinajstić information content (AvgIpc) is 2.77. The van der Waals surface area contributed by atoms with Gasteiger partial charge >= 0.3 is 17.8 Å². The zero-order valence-corrected chi connectivity index (χ0v) is 13.9. The molecule has 0 radical (unpaired) electrons. The van der Waals surface area contributed by atoms with Crippen LogP contribution in [0.3, 0.4) is 0 Å². The van der Waals surface area contributed by atoms with Gasteiger partial charge < -0.3 is 0 Å². The number of hydrogen-bond acceptors (Lipinski definition) is 6. The summed E-state index contributed by atoms with van der Waals surface area (Å²) in [7, 11) is 0. The second-order valence-corrected chi connectivity index (χ2v) is 5.67. The summed E-state index contributed by atoms with van der Waals surface area (Å²) in [6.45, 7) is 2.88. The Bertz CT molecular complexity index is 773. The molecule has 1 aliphatic rings. The number of imide groups is 2. The Hall–Kier alpha value is -3.10. The van der Waals surface area contributed by atoms with Gasteiger partial charge in [0.1, 0.15) is 0 Å². The number of Topliss-reactive ketones (excluding diaryl/α,β-unsaturated/α-hetero) is 1. The van der Waals surface area contributed by atoms with Crippen LogP contribution in [-0.4, -0.2) is 51.4 Å². The summed E-state index contributed by atoms with van der Waals surface area (Å²) < 4.78 is 0. The number of ketones is 1. The van der Waals surface area contributed by atoms with Crippen molar-refractivity contribution in [2.24, 2.45) is 0 Å². The van der Waals surface area contributed by atoms with Crippen molar-refractivity contribution < 1.29 is 24.1 Å². The number of nitrogens with zero attached hydrogens (tertiary/aromatic N) is 3. The van der Waals surface area contributed by atoms with Crippen molar-refractivity contribution in [2.45, 2.75) is 26.7 Å². The van der Waals surface area contributed by atoms with Gasteiger partial charge in [0.05, 0.1) is 11.5 Å². The highest BCUT2D eigenvalue weighted by molar-refractivity contribution is 6.45. The number of hydrogen-bond donors (Lipinski definition) is 0. The van der Waals surface area contributed by atoms with Gasteiger partial charge in [0.25, 0.3) is 5.69 Å². The predicted octanol–water partition coefficient (Wildman–Crippen LogP) is 1.68. The lowest BCUT2D eigenvalue weighted by Gasteiger charge is -2.14. The lowest BCUT2D eigenvalue weighted by molar-refractivity contribution is -0.385. The van der Waals surface area contributed by atoms with E-state index in [1.165, 1.54) is 19.1 Å². The number of nitro benzene ring substituents is 1. The molecule has 0 unspecified atom stereocenters. The summed E-state index contributed by atoms with van der Waals surface area (Å²) in [6, 6.07) is 3.06. The third kappa shape index (κ3) is 3.54. The number of aryl methyl sites for hydroxylation is 1. The van der Waals surface area contributed by atoms with E-state index in [-0.39, 0.29) is 17.8 Å². The Labute approximate surface area is 143 Å². The summed E-state index contributed by atoms with van der Waals surface area (Å²) in [5.74, 6) is -2.67. The molecule has 9 heteroatoms. The molecular weight excluding hydrogens is 330 g/mol. The summed E-state index contributed by atoms with van der Waals surface area (Å²) in [5, 5.41) is 11.0. The fourth-order valence-electron chi connectivity index (χ4n) is 2.42. The lowest BCUT2D eigenvalue weighted by atomic mass is 10.1. The second kappa shape index (κ2) is 7.20. The average molecular weight is 347 g/mol. The van der Waals surface area contributed by atoms with E-state index in [2.05, 4.69) is 0 Å². The maximum atomic E-state index is 12.3. The summed E-state index contributed by atoms with van der Waals surface area (Å²) in [5.41, 5.74) is 0.152. The first-order chi connectivity index (χ1) is 11.8. The number of unbranched alkanes of at least 4 members (excludes halogenated alkanes) is 1. The molecule has 9 nitrogen and oxygen atoms in total. The van der Waals surface area contributed by atoms with E-state index >= 15 is 0 Å². The molecule has 0 aliphatic carbocycles. The summed E-state index contributed by atoms with van der Waals surface area (Å²) in [4.78, 5) is 60.0. The molecule has 1 aliphatic heterocycles. The smallest absolute Gasteiger partial charge is 0.292 e. The maximum absolute atomic E-state index is 12.3. The van der Waals surface area contributed by atoms with Gasteiger partial charge in [0.2, 0.25) is 0 Å². The van der Waals surface area contributed by atoms with E-state index in [1.54, 1.807) is 0 Å². The van der Waals surface area contributed by atoms with Crippen LogP contribution in [0.1, 0.15) is 35.7 Å². The third-order valence-electron chi connectivity index (χ3n) is 3.90. The molecule has 0 aromatic heterocycles. The topological polar surface area (TPSA) is 118 Å². The van der Waals surface area contributed by atoms with Crippen molar-refractivity contribution in [1.82, 2.24) is 9.80 Å². The number of nitro groups is 1. The van der Waals surface area contributed by atoms with Crippen LogP contribution in [0.4, 0.5) is 10.5 Å². The van der Waals surface area contributed by atoms with E-state index in [0.29, 0.717) is 16.9 Å². The van der Waals surface area contributed by atoms with E-state index in [0.717, 1.165) is 17.4 Å². The molecule has 2 rings (SSSR count). The normalized spacial score (nSPS) is 14.4. The second-order valence-electron chi connectivity index (χ2n) is 5.67. The first kappa shape index (κ1) is 18.2. The fraction of sp³-hybridized carbons (Fsp3) is 0.375. The molecule has 0 bridgehead atoms. The molecule has 0 saturated carbocycles. The van der Waals surface area contributed by atoms with Crippen molar-refractivity contribution in [3.63, 3.8) is 0 Å². The molecule has 1 aromatic rings. The van der Waals surface area contributed by atoms with Crippen LogP contribution in [0.15, 0.2) is 18.2 Å². The zero-order chi connectivity index (χ0) is 18.7. The van der Waals surface area contributed by atoms with Gasteiger partial charge in [0.15, 0.2) is 5.78 Å². The monoisotopic (exact) mass is 347 g/mol. The van der Waals surface area contributed by atoms with Crippen LogP contribution in [-0.2, 0) is 9.59 Å². The van der Waals surface area contributed by atoms with Crippen LogP contribution in [0.5, 0.6) is 0 Å². The van der Waals surface area contributed by atoms with Gasteiger partial charge in [-0.25, -0.2) is 9.69 Å². The molecule has 1 heterocycles. The van der Waals surface area contributed by atoms with Crippen molar-refractivity contribution in [2.75, 3.05) is 13.1 Å². The SMILES string of the molecule is CCCCN1C(=O)C(=O)N(CC(=O)c2ccc(C)c([N+](=O)[O-])c2)C1=O. The molecule has 0 atom stereocenters. The van der Waals surface area contributed by atoms with Crippen molar-refractivity contribution in [1.29, 1.82) is 0 Å². The van der Waals surface area contributed by atoms with E-state index < -0.39 is 35.1 Å². The molecule has 4 amide bonds. The zero-order valence-electron chi connectivity index (χ0n) is 13.9. The lowest BCUT2D eigenvalue weighted by Crippen LogP contribution is -2.37. The number of amides is 4. The van der Waals surface area contributed by atoms with Gasteiger partial charge in [-0.1, -0.05) is 25.5 Å². The van der Waals surface area contributed by atoms with Gasteiger partial charge in [-0.3, -0.25) is 29.4 Å². The highest BCUT2D eigenvalue weighted by Gasteiger charge is 2.44. The Kier molecular flexibility index (Phi) is 5.26. The minimum absolute atomic E-state index is 0.00245. The fourth-order valence-corrected chi connectivity index (χ4v) is 2.42. The van der Waals surface area contributed by atoms with Gasteiger partial charge in [-0.15, -0.1) is 0 Å². The minimum atomic E-state index is -1.06. The van der Waals surface area contributed by atoms with Crippen LogP contribution in [0.2, 0.25) is 0 Å². The Morgan fingerprint density at radius 3 is 2.40 bits per heavy atom. The van der Waals surface area contributed by atoms with Crippen molar-refractivity contribution in [3.05, 3.63) is 39.4 Å². The molecule has 1 aromatic carbocycles. The first-order valence-corrected chi connectivity index (χ1v) is 7.73. The van der Waals surface area contributed by atoms with E-state index in [1.807, 2.05) is 6.92 Å². The van der Waals surface area contributed by atoms with Crippen LogP contribution >= 0.6 is 0 Å². The quantitative estimate of drug-likeness (QED) is 0.243. The predicted molar refractivity (Wildman–Crippen MR) is 85.9 cm³/mol. The number of benzene rings is 1. The first-order valence-electron chi connectivity index (χ1n) is 7.73.